The lowest BCUT2D eigenvalue weighted by atomic mass is 10.1. The minimum atomic E-state index is -1.12. The highest BCUT2D eigenvalue weighted by molar-refractivity contribution is 5.97. The molecule has 1 atom stereocenters. The van der Waals surface area contributed by atoms with E-state index in [0.717, 1.165) is 29.5 Å². The summed E-state index contributed by atoms with van der Waals surface area (Å²) in [5.74, 6) is -3.49. The molecule has 0 spiro atoms. The molecule has 4 rings (SSSR count). The van der Waals surface area contributed by atoms with Crippen LogP contribution >= 0.6 is 0 Å². The van der Waals surface area contributed by atoms with Gasteiger partial charge in [0.25, 0.3) is 5.91 Å². The zero-order valence-electron chi connectivity index (χ0n) is 17.3. The maximum absolute atomic E-state index is 14.9. The minimum Gasteiger partial charge on any atom is -0.491 e. The Bertz CT molecular complexity index is 1210. The van der Waals surface area contributed by atoms with Crippen LogP contribution in [0.3, 0.4) is 0 Å². The molecule has 32 heavy (non-hydrogen) atoms. The number of hydrogen-bond acceptors (Lipinski definition) is 4. The Hall–Kier alpha value is -3.33. The monoisotopic (exact) mass is 446 g/mol. The van der Waals surface area contributed by atoms with Gasteiger partial charge in [0.05, 0.1) is 37.7 Å². The van der Waals surface area contributed by atoms with Gasteiger partial charge in [0.1, 0.15) is 18.3 Å². The van der Waals surface area contributed by atoms with Gasteiger partial charge in [0.2, 0.25) is 5.43 Å². The van der Waals surface area contributed by atoms with Crippen LogP contribution < -0.4 is 10.2 Å². The molecule has 0 aliphatic carbocycles. The van der Waals surface area contributed by atoms with Crippen LogP contribution in [0.2, 0.25) is 0 Å². The Morgan fingerprint density at radius 3 is 2.69 bits per heavy atom. The number of alkyl halides is 1. The van der Waals surface area contributed by atoms with Gasteiger partial charge in [0, 0.05) is 12.7 Å². The third-order valence-corrected chi connectivity index (χ3v) is 5.50. The Kier molecular flexibility index (Phi) is 6.18. The molecular formula is C23H21F3N2O4. The Morgan fingerprint density at radius 1 is 1.25 bits per heavy atom. The first kappa shape index (κ1) is 21.9. The van der Waals surface area contributed by atoms with E-state index in [1.54, 1.807) is 0 Å². The molecule has 0 radical (unpaired) electrons. The highest BCUT2D eigenvalue weighted by Crippen LogP contribution is 2.29. The zero-order chi connectivity index (χ0) is 22.8. The number of fused-ring (bicyclic) bond motifs is 1. The number of methoxy groups -OCH3 is 1. The van der Waals surface area contributed by atoms with Gasteiger partial charge in [-0.05, 0) is 11.6 Å². The van der Waals surface area contributed by atoms with E-state index in [-0.39, 0.29) is 48.8 Å². The van der Waals surface area contributed by atoms with Crippen molar-refractivity contribution in [3.8, 4) is 5.75 Å². The molecule has 0 N–H and O–H groups in total. The van der Waals surface area contributed by atoms with E-state index in [4.69, 9.17) is 9.47 Å². The van der Waals surface area contributed by atoms with E-state index in [1.165, 1.54) is 4.90 Å². The molecule has 0 bridgehead atoms. The Balaban J connectivity index is 1.77. The summed E-state index contributed by atoms with van der Waals surface area (Å²) in [6.45, 7) is -0.488. The predicted octanol–water partition coefficient (Wildman–Crippen LogP) is 3.47. The maximum atomic E-state index is 14.9. The van der Waals surface area contributed by atoms with Crippen molar-refractivity contribution in [2.75, 3.05) is 33.5 Å². The van der Waals surface area contributed by atoms with Gasteiger partial charge in [-0.3, -0.25) is 9.59 Å². The highest BCUT2D eigenvalue weighted by Gasteiger charge is 2.29. The summed E-state index contributed by atoms with van der Waals surface area (Å²) >= 11 is 0. The number of nitrogens with zero attached hydrogens (tertiary/aromatic N) is 2. The average molecular weight is 446 g/mol. The largest absolute Gasteiger partial charge is 0.491 e. The van der Waals surface area contributed by atoms with Crippen LogP contribution in [-0.2, 0) is 11.3 Å². The number of aryl methyl sites for hydroxylation is 1. The van der Waals surface area contributed by atoms with Crippen molar-refractivity contribution in [1.29, 1.82) is 0 Å². The van der Waals surface area contributed by atoms with Crippen LogP contribution in [0.4, 0.5) is 13.2 Å². The van der Waals surface area contributed by atoms with Gasteiger partial charge in [0.15, 0.2) is 17.4 Å². The number of ether oxygens (including phenoxy) is 2. The predicted molar refractivity (Wildman–Crippen MR) is 112 cm³/mol. The topological polar surface area (TPSA) is 60.8 Å². The fourth-order valence-electron chi connectivity index (χ4n) is 3.95. The number of carbonyl (C=O) groups is 1. The number of pyridine rings is 1. The van der Waals surface area contributed by atoms with Crippen LogP contribution in [0.5, 0.6) is 5.75 Å². The fourth-order valence-corrected chi connectivity index (χ4v) is 3.95. The summed E-state index contributed by atoms with van der Waals surface area (Å²) in [4.78, 5) is 27.8. The second-order valence-corrected chi connectivity index (χ2v) is 7.38. The summed E-state index contributed by atoms with van der Waals surface area (Å²) < 4.78 is 54.0. The van der Waals surface area contributed by atoms with E-state index in [9.17, 15) is 22.8 Å². The van der Waals surface area contributed by atoms with Crippen LogP contribution in [0.15, 0.2) is 47.4 Å². The average Bonchev–Trinajstić information content (AvgIpc) is 2.81. The number of hydrogen-bond donors (Lipinski definition) is 0. The molecule has 2 aromatic carbocycles. The molecular weight excluding hydrogens is 425 g/mol. The standard InChI is InChI=1S/C23H21F3N2O4/c1-31-22-17(25)11-15-20(19(22)26)27(8-7-24)12-16(21(15)29)23(30)28-9-10-32-18(13-28)14-5-3-2-4-6-14/h2-6,11-12,18H,7-10,13H2,1H3. The van der Waals surface area contributed by atoms with E-state index in [2.05, 4.69) is 0 Å². The molecule has 2 heterocycles. The molecule has 1 aliphatic heterocycles. The third-order valence-electron chi connectivity index (χ3n) is 5.50. The molecule has 3 aromatic rings. The second kappa shape index (κ2) is 9.04. The highest BCUT2D eigenvalue weighted by atomic mass is 19.1. The van der Waals surface area contributed by atoms with Crippen molar-refractivity contribution in [3.05, 3.63) is 75.6 Å². The molecule has 168 valence electrons. The van der Waals surface area contributed by atoms with Crippen molar-refractivity contribution in [2.24, 2.45) is 0 Å². The van der Waals surface area contributed by atoms with Gasteiger partial charge < -0.3 is 18.9 Å². The maximum Gasteiger partial charge on any atom is 0.259 e. The van der Waals surface area contributed by atoms with Gasteiger partial charge in [-0.25, -0.2) is 13.2 Å². The molecule has 1 aliphatic rings. The Morgan fingerprint density at radius 2 is 2.00 bits per heavy atom. The van der Waals surface area contributed by atoms with Crippen molar-refractivity contribution >= 4 is 16.8 Å². The van der Waals surface area contributed by atoms with E-state index < -0.39 is 35.4 Å². The molecule has 1 aromatic heterocycles. The normalized spacial score (nSPS) is 16.4. The lowest BCUT2D eigenvalue weighted by molar-refractivity contribution is -0.0228. The van der Waals surface area contributed by atoms with Gasteiger partial charge in [-0.1, -0.05) is 30.3 Å². The number of rotatable bonds is 5. The minimum absolute atomic E-state index is 0.203. The van der Waals surface area contributed by atoms with Crippen molar-refractivity contribution in [1.82, 2.24) is 9.47 Å². The summed E-state index contributed by atoms with van der Waals surface area (Å²) in [5.41, 5.74) is -0.548. The lowest BCUT2D eigenvalue weighted by Crippen LogP contribution is -2.44. The molecule has 1 unspecified atom stereocenters. The first-order chi connectivity index (χ1) is 15.5. The number of carbonyl (C=O) groups excluding carboxylic acids is 1. The van der Waals surface area contributed by atoms with E-state index >= 15 is 0 Å². The number of halogens is 3. The number of morpholine rings is 1. The second-order valence-electron chi connectivity index (χ2n) is 7.38. The van der Waals surface area contributed by atoms with Crippen LogP contribution in [0.25, 0.3) is 10.9 Å². The van der Waals surface area contributed by atoms with Crippen molar-refractivity contribution in [3.63, 3.8) is 0 Å². The lowest BCUT2D eigenvalue weighted by Gasteiger charge is -2.33. The van der Waals surface area contributed by atoms with E-state index in [0.29, 0.717) is 0 Å². The molecule has 1 saturated heterocycles. The summed E-state index contributed by atoms with van der Waals surface area (Å²) in [7, 11) is 1.09. The summed E-state index contributed by atoms with van der Waals surface area (Å²) in [6.07, 6.45) is 0.751. The molecule has 6 nitrogen and oxygen atoms in total. The molecule has 1 fully saturated rings. The summed E-state index contributed by atoms with van der Waals surface area (Å²) in [6, 6.07) is 10.2. The van der Waals surface area contributed by atoms with Crippen LogP contribution in [0.1, 0.15) is 22.0 Å². The Labute approximate surface area is 181 Å². The molecule has 1 amide bonds. The van der Waals surface area contributed by atoms with Gasteiger partial charge >= 0.3 is 0 Å². The number of benzene rings is 2. The first-order valence-electron chi connectivity index (χ1n) is 10.1. The quantitative estimate of drug-likeness (QED) is 0.602. The molecule has 9 heteroatoms. The third kappa shape index (κ3) is 3.84. The van der Waals surface area contributed by atoms with Gasteiger partial charge in [-0.15, -0.1) is 0 Å². The SMILES string of the molecule is COc1c(F)cc2c(=O)c(C(=O)N3CCOC(c4ccccc4)C3)cn(CCF)c2c1F. The van der Waals surface area contributed by atoms with Crippen molar-refractivity contribution < 1.29 is 27.4 Å². The first-order valence-corrected chi connectivity index (χ1v) is 10.1. The van der Waals surface area contributed by atoms with Crippen LogP contribution in [-0.4, -0.2) is 48.9 Å². The van der Waals surface area contributed by atoms with Crippen LogP contribution in [0, 0.1) is 11.6 Å². The fraction of sp³-hybridized carbons (Fsp3) is 0.304. The number of aromatic nitrogens is 1. The zero-order valence-corrected chi connectivity index (χ0v) is 17.3. The van der Waals surface area contributed by atoms with Gasteiger partial charge in [-0.2, -0.15) is 0 Å². The van der Waals surface area contributed by atoms with E-state index in [1.807, 2.05) is 30.3 Å². The smallest absolute Gasteiger partial charge is 0.259 e. The number of amides is 1. The van der Waals surface area contributed by atoms with Crippen molar-refractivity contribution in [2.45, 2.75) is 12.6 Å². The molecule has 0 saturated carbocycles. The summed E-state index contributed by atoms with van der Waals surface area (Å²) in [5, 5.41) is -0.354.